The van der Waals surface area contributed by atoms with Crippen molar-refractivity contribution in [3.63, 3.8) is 0 Å². The largest absolute Gasteiger partial charge is 0.530 e. The van der Waals surface area contributed by atoms with Gasteiger partial charge in [0.2, 0.25) is 0 Å². The average Bonchev–Trinajstić information content (AvgIpc) is 2.17. The number of rotatable bonds is 0. The molecule has 13 heavy (non-hydrogen) atoms. The van der Waals surface area contributed by atoms with Gasteiger partial charge in [-0.1, -0.05) is 9.97 Å². The molecule has 0 fully saturated rings. The smallest absolute Gasteiger partial charge is 0.207 e. The topological polar surface area (TPSA) is 30.1 Å². The van der Waals surface area contributed by atoms with Crippen LogP contribution in [0.15, 0.2) is 24.4 Å². The number of aromatic nitrogens is 2. The lowest BCUT2D eigenvalue weighted by molar-refractivity contribution is 0.629. The molecule has 2 aromatic rings. The van der Waals surface area contributed by atoms with Crippen LogP contribution in [0.5, 0.6) is 0 Å². The minimum Gasteiger partial charge on any atom is -0.207 e. The fraction of sp³-hybridized carbons (Fsp3) is 0. The second-order valence-corrected chi connectivity index (χ2v) is 2.50. The van der Waals surface area contributed by atoms with Crippen LogP contribution in [0.25, 0.3) is 15.7 Å². The third kappa shape index (κ3) is 1.32. The third-order valence-electron chi connectivity index (χ3n) is 1.64. The lowest BCUT2D eigenvalue weighted by Gasteiger charge is -1.89. The van der Waals surface area contributed by atoms with Gasteiger partial charge in [0.05, 0.1) is 5.39 Å². The molecule has 0 spiro atoms. The predicted octanol–water partition coefficient (Wildman–Crippen LogP) is 2.36. The zero-order valence-electron chi connectivity index (χ0n) is 6.61. The number of fused-ring (bicyclic) bond motifs is 1. The minimum atomic E-state index is -0.312. The summed E-state index contributed by atoms with van der Waals surface area (Å²) in [6, 6.07) is 4.24. The highest BCUT2D eigenvalue weighted by atomic mass is 19.1. The van der Waals surface area contributed by atoms with Crippen LogP contribution in [0.3, 0.4) is 0 Å². The molecule has 2 rings (SSSR count). The van der Waals surface area contributed by atoms with E-state index in [1.165, 1.54) is 18.3 Å². The molecule has 0 unspecified atom stereocenters. The molecule has 4 heteroatoms. The molecule has 0 saturated carbocycles. The van der Waals surface area contributed by atoms with E-state index in [9.17, 15) is 4.39 Å². The molecule has 0 bridgehead atoms. The van der Waals surface area contributed by atoms with Crippen LogP contribution < -0.4 is 0 Å². The summed E-state index contributed by atoms with van der Waals surface area (Å²) in [6.45, 7) is 5.00. The zero-order chi connectivity index (χ0) is 9.26. The highest BCUT2D eigenvalue weighted by Gasteiger charge is 2.08. The van der Waals surface area contributed by atoms with Crippen molar-refractivity contribution in [2.75, 3.05) is 0 Å². The molecule has 62 valence electrons. The summed E-state index contributed by atoms with van der Waals surface area (Å²) < 4.78 is 12.7. The van der Waals surface area contributed by atoms with E-state index in [0.29, 0.717) is 10.9 Å². The molecule has 1 aromatic heterocycles. The molecule has 0 atom stereocenters. The Morgan fingerprint density at radius 2 is 2.23 bits per heavy atom. The monoisotopic (exact) mass is 174 g/mol. The van der Waals surface area contributed by atoms with Gasteiger partial charge in [-0.15, -0.1) is 0 Å². The van der Waals surface area contributed by atoms with Gasteiger partial charge in [0.15, 0.2) is 5.52 Å². The van der Waals surface area contributed by atoms with E-state index in [4.69, 9.17) is 6.57 Å². The van der Waals surface area contributed by atoms with E-state index in [1.807, 2.05) is 0 Å². The maximum absolute atomic E-state index is 12.7. The van der Waals surface area contributed by atoms with E-state index < -0.39 is 0 Å². The summed E-state index contributed by atoms with van der Waals surface area (Å²) in [5.74, 6) is -0.118. The van der Waals surface area contributed by atoms with Crippen molar-refractivity contribution in [1.82, 2.24) is 9.97 Å². The van der Waals surface area contributed by atoms with Gasteiger partial charge in [0.1, 0.15) is 18.6 Å². The molecule has 0 aliphatic carbocycles. The molecule has 0 aliphatic heterocycles. The molecule has 0 saturated heterocycles. The van der Waals surface area contributed by atoms with Gasteiger partial charge >= 0.3 is 5.95 Å². The fourth-order valence-corrected chi connectivity index (χ4v) is 1.06. The first-order valence-corrected chi connectivity index (χ1v) is 3.63. The molecule has 0 amide bonds. The van der Waals surface area contributed by atoms with Crippen molar-refractivity contribution < 1.29 is 4.39 Å². The Kier molecular flexibility index (Phi) is 1.64. The minimum absolute atomic E-state index is 0.194. The van der Waals surface area contributed by atoms with E-state index in [1.54, 1.807) is 6.07 Å². The molecule has 0 aliphatic rings. The van der Waals surface area contributed by atoms with Crippen LogP contribution in [0, 0.1) is 12.4 Å². The predicted molar refractivity (Wildman–Crippen MR) is 47.5 cm³/mol. The standard InChI is InChI=1S/C9H5FN3/c1-11-9-12-5-6-4-7(10)2-3-8(6)13-9/h1-5H/q+1. The second-order valence-electron chi connectivity index (χ2n) is 2.50. The van der Waals surface area contributed by atoms with Crippen molar-refractivity contribution in [2.24, 2.45) is 0 Å². The average molecular weight is 174 g/mol. The summed E-state index contributed by atoms with van der Waals surface area (Å²) in [4.78, 5) is 11.1. The number of halogens is 1. The Morgan fingerprint density at radius 3 is 3.00 bits per heavy atom. The van der Waals surface area contributed by atoms with Crippen LogP contribution in [-0.2, 0) is 0 Å². The molecule has 0 radical (unpaired) electrons. The Balaban J connectivity index is 2.75. The molecular formula is C9H5FN3+. The molecule has 1 heterocycles. The number of hydrogen-bond acceptors (Lipinski definition) is 2. The van der Waals surface area contributed by atoms with Crippen LogP contribution in [-0.4, -0.2) is 9.97 Å². The van der Waals surface area contributed by atoms with Crippen molar-refractivity contribution in [3.8, 4) is 6.57 Å². The van der Waals surface area contributed by atoms with E-state index >= 15 is 0 Å². The van der Waals surface area contributed by atoms with E-state index in [2.05, 4.69) is 14.8 Å². The number of benzene rings is 1. The van der Waals surface area contributed by atoms with Crippen molar-refractivity contribution in [3.05, 3.63) is 35.1 Å². The fourth-order valence-electron chi connectivity index (χ4n) is 1.06. The number of nitrogens with zero attached hydrogens (tertiary/aromatic N) is 3. The van der Waals surface area contributed by atoms with Gasteiger partial charge in [0.25, 0.3) is 0 Å². The highest BCUT2D eigenvalue weighted by molar-refractivity contribution is 5.78. The summed E-state index contributed by atoms with van der Waals surface area (Å²) in [5, 5.41) is 0.632. The lowest BCUT2D eigenvalue weighted by atomic mass is 10.2. The van der Waals surface area contributed by atoms with E-state index in [-0.39, 0.29) is 11.8 Å². The van der Waals surface area contributed by atoms with Crippen molar-refractivity contribution in [1.29, 1.82) is 0 Å². The van der Waals surface area contributed by atoms with E-state index in [0.717, 1.165) is 0 Å². The van der Waals surface area contributed by atoms with Gasteiger partial charge in [0, 0.05) is 0 Å². The Labute approximate surface area is 73.7 Å². The lowest BCUT2D eigenvalue weighted by Crippen LogP contribution is -1.83. The zero-order valence-corrected chi connectivity index (χ0v) is 6.61. The van der Waals surface area contributed by atoms with Gasteiger partial charge in [-0.2, -0.15) is 4.85 Å². The van der Waals surface area contributed by atoms with Crippen LogP contribution in [0.4, 0.5) is 10.3 Å². The normalized spacial score (nSPS) is 9.85. The molecule has 1 aromatic carbocycles. The van der Waals surface area contributed by atoms with Crippen LogP contribution >= 0.6 is 0 Å². The third-order valence-corrected chi connectivity index (χ3v) is 1.64. The Bertz CT molecular complexity index is 502. The van der Waals surface area contributed by atoms with Gasteiger partial charge in [-0.05, 0) is 18.2 Å². The van der Waals surface area contributed by atoms with Gasteiger partial charge < -0.3 is 0 Å². The van der Waals surface area contributed by atoms with Gasteiger partial charge in [-0.3, -0.25) is 0 Å². The summed E-state index contributed by atoms with van der Waals surface area (Å²) in [6.07, 6.45) is 1.48. The van der Waals surface area contributed by atoms with Crippen LogP contribution in [0.1, 0.15) is 0 Å². The molecule has 3 nitrogen and oxygen atoms in total. The Morgan fingerprint density at radius 1 is 1.38 bits per heavy atom. The highest BCUT2D eigenvalue weighted by Crippen LogP contribution is 2.14. The maximum Gasteiger partial charge on any atom is 0.530 e. The maximum atomic E-state index is 12.7. The number of hydrogen-bond donors (Lipinski definition) is 0. The molecule has 0 N–H and O–H groups in total. The summed E-state index contributed by atoms with van der Waals surface area (Å²) >= 11 is 0. The second kappa shape index (κ2) is 2.79. The van der Waals surface area contributed by atoms with Crippen molar-refractivity contribution in [2.45, 2.75) is 0 Å². The summed E-state index contributed by atoms with van der Waals surface area (Å²) in [5.41, 5.74) is 0.626. The quantitative estimate of drug-likeness (QED) is 0.613. The summed E-state index contributed by atoms with van der Waals surface area (Å²) in [7, 11) is 0. The molecular weight excluding hydrogens is 169 g/mol. The first kappa shape index (κ1) is 7.62. The SMILES string of the molecule is C#[N+]c1ncc2cc(F)ccc2n1. The van der Waals surface area contributed by atoms with Crippen molar-refractivity contribution >= 4 is 16.9 Å². The first-order chi connectivity index (χ1) is 6.29. The van der Waals surface area contributed by atoms with Crippen LogP contribution in [0.2, 0.25) is 0 Å². The first-order valence-electron chi connectivity index (χ1n) is 3.63. The Hall–Kier alpha value is -2.02. The van der Waals surface area contributed by atoms with Gasteiger partial charge in [-0.25, -0.2) is 4.39 Å².